The standard InChI is InChI=1S/C22H26N2O4S.C6H5F/c1-5-27-20(25)17-14(3)24-15(4)22(21(26)28-6-2,16-10-8-7-9-11-16)18(17)19-23-12-13-29-19;7-6-4-2-1-3-5-6/h7-13,15,18,24H,5-6H2,1-4H3;1-5H. The molecular formula is C28H31FN2O4S. The number of aromatic nitrogens is 1. The van der Waals surface area contributed by atoms with E-state index in [4.69, 9.17) is 9.47 Å². The number of thiazole rings is 1. The molecule has 1 aliphatic heterocycles. The minimum Gasteiger partial charge on any atom is -0.465 e. The Hall–Kier alpha value is -3.52. The van der Waals surface area contributed by atoms with Gasteiger partial charge in [-0.05, 0) is 45.4 Å². The fourth-order valence-electron chi connectivity index (χ4n) is 4.59. The molecule has 2 aromatic carbocycles. The number of esters is 2. The zero-order valence-electron chi connectivity index (χ0n) is 20.9. The number of allylic oxidation sites excluding steroid dienone is 1. The Morgan fingerprint density at radius 1 is 1.03 bits per heavy atom. The first kappa shape index (κ1) is 27.1. The zero-order valence-corrected chi connectivity index (χ0v) is 21.7. The van der Waals surface area contributed by atoms with Gasteiger partial charge in [-0.15, -0.1) is 11.3 Å². The van der Waals surface area contributed by atoms with E-state index in [0.29, 0.717) is 16.3 Å². The Labute approximate surface area is 215 Å². The van der Waals surface area contributed by atoms with Crippen molar-refractivity contribution < 1.29 is 23.5 Å². The number of halogens is 1. The number of carbonyl (C=O) groups is 2. The third-order valence-electron chi connectivity index (χ3n) is 6.06. The van der Waals surface area contributed by atoms with Crippen LogP contribution in [0.15, 0.2) is 83.5 Å². The van der Waals surface area contributed by atoms with Gasteiger partial charge >= 0.3 is 11.9 Å². The van der Waals surface area contributed by atoms with Crippen LogP contribution in [-0.4, -0.2) is 36.2 Å². The summed E-state index contributed by atoms with van der Waals surface area (Å²) in [5.74, 6) is -1.64. The lowest BCUT2D eigenvalue weighted by atomic mass is 9.61. The van der Waals surface area contributed by atoms with Crippen LogP contribution in [0.3, 0.4) is 0 Å². The van der Waals surface area contributed by atoms with Gasteiger partial charge in [-0.25, -0.2) is 14.2 Å². The van der Waals surface area contributed by atoms with Gasteiger partial charge in [0.05, 0.1) is 24.7 Å². The normalized spacial score (nSPS) is 21.0. The van der Waals surface area contributed by atoms with Crippen LogP contribution in [0, 0.1) is 5.82 Å². The number of hydrogen-bond acceptors (Lipinski definition) is 7. The van der Waals surface area contributed by atoms with Gasteiger partial charge in [-0.3, -0.25) is 4.79 Å². The number of nitrogens with one attached hydrogen (secondary N) is 1. The number of carbonyl (C=O) groups excluding carboxylic acids is 2. The molecule has 3 unspecified atom stereocenters. The topological polar surface area (TPSA) is 77.5 Å². The SMILES string of the molecule is CCOC(=O)C1=C(C)NC(C)C(C(=O)OCC)(c2ccccc2)C1c1nccs1.Fc1ccccc1. The summed E-state index contributed by atoms with van der Waals surface area (Å²) in [5.41, 5.74) is 0.702. The molecular weight excluding hydrogens is 479 g/mol. The summed E-state index contributed by atoms with van der Waals surface area (Å²) in [7, 11) is 0. The van der Waals surface area contributed by atoms with E-state index in [0.717, 1.165) is 5.56 Å². The first-order valence-electron chi connectivity index (χ1n) is 11.8. The van der Waals surface area contributed by atoms with Crippen LogP contribution in [0.1, 0.15) is 44.2 Å². The third-order valence-corrected chi connectivity index (χ3v) is 6.90. The molecule has 0 bridgehead atoms. The molecule has 2 heterocycles. The molecule has 0 spiro atoms. The van der Waals surface area contributed by atoms with Gasteiger partial charge in [-0.2, -0.15) is 0 Å². The summed E-state index contributed by atoms with van der Waals surface area (Å²) < 4.78 is 22.9. The maximum absolute atomic E-state index is 13.6. The van der Waals surface area contributed by atoms with Crippen LogP contribution in [0.5, 0.6) is 0 Å². The molecule has 190 valence electrons. The molecule has 3 aromatic rings. The first-order chi connectivity index (χ1) is 17.4. The van der Waals surface area contributed by atoms with Gasteiger partial charge < -0.3 is 14.8 Å². The summed E-state index contributed by atoms with van der Waals surface area (Å²) in [5, 5.41) is 5.87. The number of ether oxygens (including phenoxy) is 2. The van der Waals surface area contributed by atoms with E-state index in [9.17, 15) is 14.0 Å². The van der Waals surface area contributed by atoms with Crippen LogP contribution in [0.4, 0.5) is 4.39 Å². The molecule has 0 saturated carbocycles. The van der Waals surface area contributed by atoms with Crippen molar-refractivity contribution in [3.63, 3.8) is 0 Å². The number of rotatable bonds is 6. The van der Waals surface area contributed by atoms with Crippen LogP contribution in [0.25, 0.3) is 0 Å². The summed E-state index contributed by atoms with van der Waals surface area (Å²) in [6, 6.07) is 17.1. The van der Waals surface area contributed by atoms with Crippen molar-refractivity contribution in [2.24, 2.45) is 0 Å². The second kappa shape index (κ2) is 12.4. The molecule has 0 aliphatic carbocycles. The highest BCUT2D eigenvalue weighted by atomic mass is 32.1. The van der Waals surface area contributed by atoms with Gasteiger partial charge in [-0.1, -0.05) is 48.5 Å². The highest BCUT2D eigenvalue weighted by molar-refractivity contribution is 7.09. The minimum atomic E-state index is -1.17. The van der Waals surface area contributed by atoms with Crippen LogP contribution >= 0.6 is 11.3 Å². The van der Waals surface area contributed by atoms with Crippen LogP contribution < -0.4 is 5.32 Å². The highest BCUT2D eigenvalue weighted by Crippen LogP contribution is 2.51. The van der Waals surface area contributed by atoms with Crippen LogP contribution in [0.2, 0.25) is 0 Å². The molecule has 8 heteroatoms. The fourth-order valence-corrected chi connectivity index (χ4v) is 5.42. The lowest BCUT2D eigenvalue weighted by Crippen LogP contribution is -2.60. The average molecular weight is 511 g/mol. The lowest BCUT2D eigenvalue weighted by molar-refractivity contribution is -0.153. The van der Waals surface area contributed by atoms with Gasteiger partial charge in [0.2, 0.25) is 0 Å². The fraction of sp³-hybridized carbons (Fsp3) is 0.321. The highest BCUT2D eigenvalue weighted by Gasteiger charge is 2.59. The van der Waals surface area contributed by atoms with E-state index < -0.39 is 17.3 Å². The predicted octanol–water partition coefficient (Wildman–Crippen LogP) is 5.38. The molecule has 0 saturated heterocycles. The van der Waals surface area contributed by atoms with Gasteiger partial charge in [0.25, 0.3) is 0 Å². The molecule has 0 fully saturated rings. The van der Waals surface area contributed by atoms with Crippen molar-refractivity contribution in [2.75, 3.05) is 13.2 Å². The molecule has 1 N–H and O–H groups in total. The van der Waals surface area contributed by atoms with E-state index in [-0.39, 0.29) is 31.0 Å². The Morgan fingerprint density at radius 3 is 2.14 bits per heavy atom. The zero-order chi connectivity index (χ0) is 26.1. The summed E-state index contributed by atoms with van der Waals surface area (Å²) in [6.45, 7) is 7.80. The maximum atomic E-state index is 13.6. The largest absolute Gasteiger partial charge is 0.465 e. The smallest absolute Gasteiger partial charge is 0.336 e. The van der Waals surface area contributed by atoms with Gasteiger partial charge in [0, 0.05) is 23.3 Å². The van der Waals surface area contributed by atoms with E-state index in [1.807, 2.05) is 49.6 Å². The van der Waals surface area contributed by atoms with Crippen molar-refractivity contribution in [1.29, 1.82) is 0 Å². The van der Waals surface area contributed by atoms with Gasteiger partial charge in [0.15, 0.2) is 0 Å². The molecule has 3 atom stereocenters. The summed E-state index contributed by atoms with van der Waals surface area (Å²) in [4.78, 5) is 31.1. The van der Waals surface area contributed by atoms with Gasteiger partial charge in [0.1, 0.15) is 16.2 Å². The predicted molar refractivity (Wildman–Crippen MR) is 138 cm³/mol. The van der Waals surface area contributed by atoms with E-state index in [2.05, 4.69) is 10.3 Å². The molecule has 36 heavy (non-hydrogen) atoms. The third kappa shape index (κ3) is 5.49. The second-order valence-electron chi connectivity index (χ2n) is 8.18. The van der Waals surface area contributed by atoms with E-state index in [1.54, 1.807) is 38.2 Å². The van der Waals surface area contributed by atoms with Crippen molar-refractivity contribution in [3.8, 4) is 0 Å². The number of hydrogen-bond donors (Lipinski definition) is 1. The van der Waals surface area contributed by atoms with Crippen molar-refractivity contribution in [1.82, 2.24) is 10.3 Å². The molecule has 1 aromatic heterocycles. The molecule has 6 nitrogen and oxygen atoms in total. The van der Waals surface area contributed by atoms with Crippen LogP contribution in [-0.2, 0) is 24.5 Å². The van der Waals surface area contributed by atoms with E-state index >= 15 is 0 Å². The number of benzene rings is 2. The van der Waals surface area contributed by atoms with Crippen molar-refractivity contribution in [2.45, 2.75) is 45.1 Å². The lowest BCUT2D eigenvalue weighted by Gasteiger charge is -2.47. The Morgan fingerprint density at radius 2 is 1.64 bits per heavy atom. The van der Waals surface area contributed by atoms with Crippen molar-refractivity contribution >= 4 is 23.3 Å². The number of nitrogens with zero attached hydrogens (tertiary/aromatic N) is 1. The van der Waals surface area contributed by atoms with Crippen molar-refractivity contribution in [3.05, 3.63) is 99.9 Å². The summed E-state index contributed by atoms with van der Waals surface area (Å²) >= 11 is 1.42. The average Bonchev–Trinajstić information content (AvgIpc) is 3.40. The quantitative estimate of drug-likeness (QED) is 0.449. The van der Waals surface area contributed by atoms with E-state index in [1.165, 1.54) is 23.5 Å². The second-order valence-corrected chi connectivity index (χ2v) is 9.11. The monoisotopic (exact) mass is 510 g/mol. The molecule has 4 rings (SSSR count). The molecule has 0 amide bonds. The Kier molecular flexibility index (Phi) is 9.36. The maximum Gasteiger partial charge on any atom is 0.336 e. The Bertz CT molecular complexity index is 1170. The first-order valence-corrected chi connectivity index (χ1v) is 12.7. The summed E-state index contributed by atoms with van der Waals surface area (Å²) in [6.07, 6.45) is 1.69. The molecule has 1 aliphatic rings. The molecule has 0 radical (unpaired) electrons. The Balaban J connectivity index is 0.000000444. The minimum absolute atomic E-state index is 0.178.